The third-order valence-corrected chi connectivity index (χ3v) is 13.2. The summed E-state index contributed by atoms with van der Waals surface area (Å²) in [6.45, 7) is 28.6. The van der Waals surface area contributed by atoms with E-state index in [9.17, 15) is 0 Å². The summed E-state index contributed by atoms with van der Waals surface area (Å²) >= 11 is 1.16. The van der Waals surface area contributed by atoms with Crippen LogP contribution in [-0.2, 0) is 41.1 Å². The average molecular weight is 756 g/mol. The van der Waals surface area contributed by atoms with Gasteiger partial charge in [0.1, 0.15) is 0 Å². The first kappa shape index (κ1) is 34.7. The zero-order valence-corrected chi connectivity index (χ0v) is 33.9. The van der Waals surface area contributed by atoms with Crippen molar-refractivity contribution in [2.45, 2.75) is 98.1 Å². The van der Waals surface area contributed by atoms with Crippen LogP contribution in [0.15, 0.2) is 78.9 Å². The van der Waals surface area contributed by atoms with Gasteiger partial charge < -0.3 is 0 Å². The predicted octanol–water partition coefficient (Wildman–Crippen LogP) is 9.53. The number of hydrogen-bond acceptors (Lipinski definition) is 0. The van der Waals surface area contributed by atoms with Crippen molar-refractivity contribution in [1.82, 2.24) is 0 Å². The van der Waals surface area contributed by atoms with Gasteiger partial charge in [0.25, 0.3) is 0 Å². The number of benzene rings is 3. The SMILES string of the molecule is CC(C)(C)c1[c-]c2c(cc1C(C)(C)C)-c1ccccc1C2.C[Si](C)(C)c1cccc([CH]=[Hf+2])c1[Si](C)(C)C.c1cc[cH-]c1. The molecular weight excluding hydrogens is 703 g/mol. The van der Waals surface area contributed by atoms with Crippen LogP contribution in [-0.4, -0.2) is 19.9 Å². The van der Waals surface area contributed by atoms with Gasteiger partial charge in [0.15, 0.2) is 0 Å². The Morgan fingerprint density at radius 2 is 1.36 bits per heavy atom. The molecule has 3 heteroatoms. The fourth-order valence-electron chi connectivity index (χ4n) is 5.75. The van der Waals surface area contributed by atoms with Gasteiger partial charge in [-0.05, 0) is 11.8 Å². The molecule has 0 aliphatic heterocycles. The Bertz CT molecular complexity index is 1460. The third kappa shape index (κ3) is 8.64. The van der Waals surface area contributed by atoms with E-state index in [1.54, 1.807) is 10.4 Å². The Morgan fingerprint density at radius 1 is 0.738 bits per heavy atom. The van der Waals surface area contributed by atoms with Crippen LogP contribution in [0.4, 0.5) is 0 Å². The van der Waals surface area contributed by atoms with Gasteiger partial charge in [-0.15, -0.1) is 16.7 Å². The van der Waals surface area contributed by atoms with Crippen molar-refractivity contribution in [3.8, 4) is 11.1 Å². The second-order valence-corrected chi connectivity index (χ2v) is 26.7. The number of hydrogen-bond donors (Lipinski definition) is 0. The molecule has 4 aromatic carbocycles. The second kappa shape index (κ2) is 13.4. The molecule has 0 radical (unpaired) electrons. The summed E-state index contributed by atoms with van der Waals surface area (Å²) in [5, 5.41) is 3.42. The van der Waals surface area contributed by atoms with Crippen molar-refractivity contribution < 1.29 is 23.9 Å². The van der Waals surface area contributed by atoms with Crippen LogP contribution in [0.25, 0.3) is 11.1 Å². The van der Waals surface area contributed by atoms with Gasteiger partial charge in [0.2, 0.25) is 0 Å². The minimum Gasteiger partial charge on any atom is -0.214 e. The standard InChI is InChI=1S/C21H25.C13H22Si2.C5H5.Hf/c1-20(2,3)18-12-15-11-14-9-7-8-10-16(14)17(15)13-19(18)21(4,5)6;1-11-9-8-10-12(14(2,3)4)13(11)15(5,6)7;1-2-4-5-3-1;/h7-10,13H,11H2,1-6H3;1,8-10H,2-7H3;1-5H;/q-1;;-1;+2. The van der Waals surface area contributed by atoms with Crippen molar-refractivity contribution >= 4 is 30.3 Å². The molecule has 0 spiro atoms. The fraction of sp³-hybridized carbons (Fsp3) is 0.385. The van der Waals surface area contributed by atoms with Crippen LogP contribution >= 0.6 is 0 Å². The zero-order chi connectivity index (χ0) is 31.5. The van der Waals surface area contributed by atoms with E-state index in [-0.39, 0.29) is 10.8 Å². The summed E-state index contributed by atoms with van der Waals surface area (Å²) in [5.41, 5.74) is 10.2. The van der Waals surface area contributed by atoms with Crippen molar-refractivity contribution in [2.75, 3.05) is 0 Å². The van der Waals surface area contributed by atoms with Crippen molar-refractivity contribution in [1.29, 1.82) is 0 Å². The first-order valence-corrected chi connectivity index (χ1v) is 24.4. The topological polar surface area (TPSA) is 0 Å². The van der Waals surface area contributed by atoms with E-state index in [4.69, 9.17) is 0 Å². The summed E-state index contributed by atoms with van der Waals surface area (Å²) in [5.74, 6) is 0. The molecule has 0 fully saturated rings. The van der Waals surface area contributed by atoms with Gasteiger partial charge in [0, 0.05) is 0 Å². The fourth-order valence-corrected chi connectivity index (χ4v) is 12.8. The van der Waals surface area contributed by atoms with Crippen LogP contribution in [0.2, 0.25) is 39.3 Å². The normalized spacial score (nSPS) is 12.8. The van der Waals surface area contributed by atoms with Gasteiger partial charge in [0.05, 0.1) is 0 Å². The minimum atomic E-state index is -1.23. The van der Waals surface area contributed by atoms with E-state index in [1.165, 1.54) is 38.9 Å². The van der Waals surface area contributed by atoms with Crippen molar-refractivity contribution in [3.05, 3.63) is 113 Å². The molecule has 4 aromatic rings. The Kier molecular flexibility index (Phi) is 11.1. The second-order valence-electron chi connectivity index (χ2n) is 15.7. The molecule has 5 rings (SSSR count). The molecule has 0 saturated carbocycles. The van der Waals surface area contributed by atoms with Crippen LogP contribution < -0.4 is 10.4 Å². The van der Waals surface area contributed by atoms with E-state index in [2.05, 4.69) is 139 Å². The molecule has 0 aromatic heterocycles. The molecule has 0 nitrogen and oxygen atoms in total. The van der Waals surface area contributed by atoms with E-state index in [0.29, 0.717) is 0 Å². The molecule has 0 N–H and O–H groups in total. The van der Waals surface area contributed by atoms with Crippen LogP contribution in [0.5, 0.6) is 0 Å². The molecule has 220 valence electrons. The maximum atomic E-state index is 3.79. The van der Waals surface area contributed by atoms with E-state index in [0.717, 1.165) is 30.3 Å². The first-order chi connectivity index (χ1) is 19.4. The quantitative estimate of drug-likeness (QED) is 0.127. The van der Waals surface area contributed by atoms with Gasteiger partial charge in [-0.25, -0.2) is 12.1 Å². The Balaban J connectivity index is 0.000000203. The van der Waals surface area contributed by atoms with Crippen LogP contribution in [0.3, 0.4) is 0 Å². The summed E-state index contributed by atoms with van der Waals surface area (Å²) in [4.78, 5) is 0. The monoisotopic (exact) mass is 756 g/mol. The predicted molar refractivity (Wildman–Crippen MR) is 191 cm³/mol. The molecule has 0 saturated heterocycles. The van der Waals surface area contributed by atoms with Crippen LogP contribution in [0.1, 0.15) is 69.4 Å². The molecule has 0 amide bonds. The van der Waals surface area contributed by atoms with E-state index in [1.807, 2.05) is 30.3 Å². The minimum absolute atomic E-state index is 0.131. The first-order valence-electron chi connectivity index (χ1n) is 15.3. The van der Waals surface area contributed by atoms with Gasteiger partial charge >= 0.3 is 117 Å². The van der Waals surface area contributed by atoms with Crippen LogP contribution in [0, 0.1) is 6.07 Å². The maximum absolute atomic E-state index is 3.79. The molecular formula is C39H52HfSi2. The third-order valence-electron chi connectivity index (χ3n) is 7.76. The zero-order valence-electron chi connectivity index (χ0n) is 28.3. The maximum Gasteiger partial charge on any atom is -0.172 e. The Hall–Kier alpha value is -1.82. The molecule has 0 heterocycles. The van der Waals surface area contributed by atoms with E-state index < -0.39 is 16.1 Å². The molecule has 0 unspecified atom stereocenters. The van der Waals surface area contributed by atoms with Gasteiger partial charge in [-0.3, -0.25) is 0 Å². The molecule has 1 aliphatic carbocycles. The van der Waals surface area contributed by atoms with E-state index >= 15 is 0 Å². The van der Waals surface area contributed by atoms with Gasteiger partial charge in [-0.1, -0.05) is 82.3 Å². The smallest absolute Gasteiger partial charge is 0.172 e. The largest absolute Gasteiger partial charge is 0.214 e. The molecule has 1 aliphatic rings. The summed E-state index contributed by atoms with van der Waals surface area (Å²) in [6.07, 6.45) is 1.03. The average Bonchev–Trinajstić information content (AvgIpc) is 3.57. The van der Waals surface area contributed by atoms with Crippen molar-refractivity contribution in [3.63, 3.8) is 0 Å². The Labute approximate surface area is 274 Å². The molecule has 42 heavy (non-hydrogen) atoms. The summed E-state index contributed by atoms with van der Waals surface area (Å²) in [6, 6.07) is 31.9. The molecule has 0 bridgehead atoms. The van der Waals surface area contributed by atoms with Crippen molar-refractivity contribution in [2.24, 2.45) is 0 Å². The number of fused-ring (bicyclic) bond motifs is 3. The van der Waals surface area contributed by atoms with Gasteiger partial charge in [-0.2, -0.15) is 35.9 Å². The summed E-state index contributed by atoms with van der Waals surface area (Å²) in [7, 11) is -2.43. The Morgan fingerprint density at radius 3 is 1.83 bits per heavy atom. The molecule has 0 atom stereocenters. The number of rotatable bonds is 3. The summed E-state index contributed by atoms with van der Waals surface area (Å²) < 4.78 is 2.41.